The number of carbonyl (C=O) groups excluding carboxylic acids is 1. The van der Waals surface area contributed by atoms with Gasteiger partial charge < -0.3 is 4.74 Å². The number of ether oxygens (including phenoxy) is 1. The van der Waals surface area contributed by atoms with Gasteiger partial charge in [0.25, 0.3) is 0 Å². The molecule has 0 aliphatic heterocycles. The molecule has 5 heteroatoms. The van der Waals surface area contributed by atoms with Gasteiger partial charge in [0.15, 0.2) is 0 Å². The number of fused-ring (bicyclic) bond motifs is 1. The summed E-state index contributed by atoms with van der Waals surface area (Å²) in [6, 6.07) is 8.73. The van der Waals surface area contributed by atoms with Crippen LogP contribution in [0.1, 0.15) is 9.67 Å². The number of hydrogen-bond acceptors (Lipinski definition) is 5. The highest BCUT2D eigenvalue weighted by Crippen LogP contribution is 2.19. The lowest BCUT2D eigenvalue weighted by Crippen LogP contribution is -2.06. The first-order valence-corrected chi connectivity index (χ1v) is 6.17. The Bertz CT molecular complexity index is 695. The first-order chi connectivity index (χ1) is 8.83. The van der Waals surface area contributed by atoms with Gasteiger partial charge >= 0.3 is 5.97 Å². The highest BCUT2D eigenvalue weighted by molar-refractivity contribution is 7.12. The molecule has 0 saturated heterocycles. The van der Waals surface area contributed by atoms with Crippen molar-refractivity contribution in [1.29, 1.82) is 0 Å². The minimum Gasteiger partial charge on any atom is -0.422 e. The monoisotopic (exact) mass is 256 g/mol. The zero-order valence-corrected chi connectivity index (χ0v) is 10.1. The van der Waals surface area contributed by atoms with E-state index in [0.717, 1.165) is 5.52 Å². The molecule has 0 spiro atoms. The van der Waals surface area contributed by atoms with Crippen molar-refractivity contribution < 1.29 is 9.53 Å². The molecule has 0 radical (unpaired) electrons. The summed E-state index contributed by atoms with van der Waals surface area (Å²) in [5.41, 5.74) is 1.47. The Morgan fingerprint density at radius 2 is 1.94 bits per heavy atom. The highest BCUT2D eigenvalue weighted by atomic mass is 32.1. The van der Waals surface area contributed by atoms with E-state index in [1.165, 1.54) is 11.3 Å². The largest absolute Gasteiger partial charge is 0.422 e. The van der Waals surface area contributed by atoms with Crippen LogP contribution in [0.5, 0.6) is 5.75 Å². The van der Waals surface area contributed by atoms with Crippen LogP contribution in [-0.4, -0.2) is 15.9 Å². The summed E-state index contributed by atoms with van der Waals surface area (Å²) in [7, 11) is 0. The molecule has 4 nitrogen and oxygen atoms in total. The molecule has 88 valence electrons. The lowest BCUT2D eigenvalue weighted by molar-refractivity contribution is 0.0740. The van der Waals surface area contributed by atoms with Crippen molar-refractivity contribution in [2.75, 3.05) is 0 Å². The minimum atomic E-state index is -0.353. The Morgan fingerprint density at radius 1 is 1.11 bits per heavy atom. The van der Waals surface area contributed by atoms with Gasteiger partial charge in [0.05, 0.1) is 11.0 Å². The number of carbonyl (C=O) groups is 1. The average molecular weight is 256 g/mol. The van der Waals surface area contributed by atoms with Crippen molar-refractivity contribution in [3.05, 3.63) is 53.0 Å². The lowest BCUT2D eigenvalue weighted by Gasteiger charge is -2.03. The van der Waals surface area contributed by atoms with Gasteiger partial charge in [0, 0.05) is 18.5 Å². The third-order valence-corrected chi connectivity index (χ3v) is 3.22. The van der Waals surface area contributed by atoms with Crippen molar-refractivity contribution in [2.24, 2.45) is 0 Å². The van der Waals surface area contributed by atoms with E-state index in [1.807, 2.05) is 11.4 Å². The fourth-order valence-electron chi connectivity index (χ4n) is 1.56. The topological polar surface area (TPSA) is 52.1 Å². The first-order valence-electron chi connectivity index (χ1n) is 5.29. The van der Waals surface area contributed by atoms with Crippen LogP contribution in [0.2, 0.25) is 0 Å². The van der Waals surface area contributed by atoms with Crippen molar-refractivity contribution >= 4 is 28.3 Å². The molecule has 0 aliphatic carbocycles. The summed E-state index contributed by atoms with van der Waals surface area (Å²) < 4.78 is 5.27. The van der Waals surface area contributed by atoms with Gasteiger partial charge in [0.2, 0.25) is 0 Å². The fourth-order valence-corrected chi connectivity index (χ4v) is 2.16. The maximum Gasteiger partial charge on any atom is 0.353 e. The van der Waals surface area contributed by atoms with Crippen LogP contribution in [0.25, 0.3) is 11.0 Å². The molecule has 0 fully saturated rings. The number of benzene rings is 1. The molecular weight excluding hydrogens is 248 g/mol. The second kappa shape index (κ2) is 4.54. The molecule has 0 saturated carbocycles. The Hall–Kier alpha value is -2.27. The van der Waals surface area contributed by atoms with Gasteiger partial charge in [0.1, 0.15) is 10.6 Å². The van der Waals surface area contributed by atoms with E-state index >= 15 is 0 Å². The fraction of sp³-hybridized carbons (Fsp3) is 0. The smallest absolute Gasteiger partial charge is 0.353 e. The molecule has 2 heterocycles. The van der Waals surface area contributed by atoms with E-state index in [-0.39, 0.29) is 5.97 Å². The molecule has 0 amide bonds. The number of rotatable bonds is 2. The minimum absolute atomic E-state index is 0.353. The standard InChI is InChI=1S/C13H8N2O2S/c16-13(12-2-1-7-18-12)17-9-3-4-10-11(8-9)15-6-5-14-10/h1-8H. The number of esters is 1. The van der Waals surface area contributed by atoms with Crippen LogP contribution >= 0.6 is 11.3 Å². The normalized spacial score (nSPS) is 10.4. The average Bonchev–Trinajstić information content (AvgIpc) is 2.92. The van der Waals surface area contributed by atoms with E-state index in [1.54, 1.807) is 36.7 Å². The predicted molar refractivity (Wildman–Crippen MR) is 68.8 cm³/mol. The van der Waals surface area contributed by atoms with Crippen molar-refractivity contribution in [2.45, 2.75) is 0 Å². The second-order valence-electron chi connectivity index (χ2n) is 3.57. The number of nitrogens with zero attached hydrogens (tertiary/aromatic N) is 2. The summed E-state index contributed by atoms with van der Waals surface area (Å²) >= 11 is 1.35. The number of thiophene rings is 1. The highest BCUT2D eigenvalue weighted by Gasteiger charge is 2.09. The van der Waals surface area contributed by atoms with Crippen molar-refractivity contribution in [3.8, 4) is 5.75 Å². The third-order valence-electron chi connectivity index (χ3n) is 2.37. The molecule has 0 atom stereocenters. The Morgan fingerprint density at radius 3 is 2.72 bits per heavy atom. The summed E-state index contributed by atoms with van der Waals surface area (Å²) in [5.74, 6) is 0.120. The van der Waals surface area contributed by atoms with Crippen LogP contribution < -0.4 is 4.74 Å². The number of hydrogen-bond donors (Lipinski definition) is 0. The Kier molecular flexibility index (Phi) is 2.74. The zero-order valence-electron chi connectivity index (χ0n) is 9.24. The van der Waals surface area contributed by atoms with E-state index < -0.39 is 0 Å². The Labute approximate surface area is 107 Å². The Balaban J connectivity index is 1.89. The first kappa shape index (κ1) is 10.9. The van der Waals surface area contributed by atoms with Crippen LogP contribution in [0, 0.1) is 0 Å². The quantitative estimate of drug-likeness (QED) is 0.522. The molecule has 18 heavy (non-hydrogen) atoms. The summed E-state index contributed by atoms with van der Waals surface area (Å²) in [5, 5.41) is 1.84. The lowest BCUT2D eigenvalue weighted by atomic mass is 10.3. The molecular formula is C13H8N2O2S. The molecule has 1 aromatic carbocycles. The molecule has 2 aromatic heterocycles. The van der Waals surface area contributed by atoms with Crippen LogP contribution in [0.4, 0.5) is 0 Å². The molecule has 3 rings (SSSR count). The zero-order chi connectivity index (χ0) is 12.4. The molecule has 3 aromatic rings. The van der Waals surface area contributed by atoms with Crippen LogP contribution in [-0.2, 0) is 0 Å². The third kappa shape index (κ3) is 2.08. The van der Waals surface area contributed by atoms with Crippen molar-refractivity contribution in [1.82, 2.24) is 9.97 Å². The van der Waals surface area contributed by atoms with E-state index in [0.29, 0.717) is 16.1 Å². The molecule has 0 unspecified atom stereocenters. The van der Waals surface area contributed by atoms with Gasteiger partial charge in [-0.2, -0.15) is 0 Å². The van der Waals surface area contributed by atoms with Gasteiger partial charge in [-0.3, -0.25) is 9.97 Å². The van der Waals surface area contributed by atoms with Gasteiger partial charge in [-0.1, -0.05) is 6.07 Å². The van der Waals surface area contributed by atoms with E-state index in [9.17, 15) is 4.79 Å². The summed E-state index contributed by atoms with van der Waals surface area (Å²) in [6.07, 6.45) is 3.23. The maximum absolute atomic E-state index is 11.8. The van der Waals surface area contributed by atoms with Gasteiger partial charge in [-0.15, -0.1) is 11.3 Å². The van der Waals surface area contributed by atoms with E-state index in [4.69, 9.17) is 4.74 Å². The van der Waals surface area contributed by atoms with Gasteiger partial charge in [-0.25, -0.2) is 4.79 Å². The van der Waals surface area contributed by atoms with Gasteiger partial charge in [-0.05, 0) is 23.6 Å². The summed E-state index contributed by atoms with van der Waals surface area (Å²) in [6.45, 7) is 0. The summed E-state index contributed by atoms with van der Waals surface area (Å²) in [4.78, 5) is 20.7. The van der Waals surface area contributed by atoms with Crippen LogP contribution in [0.15, 0.2) is 48.1 Å². The maximum atomic E-state index is 11.8. The predicted octanol–water partition coefficient (Wildman–Crippen LogP) is 2.91. The SMILES string of the molecule is O=C(Oc1ccc2nccnc2c1)c1cccs1. The second-order valence-corrected chi connectivity index (χ2v) is 4.52. The number of aromatic nitrogens is 2. The molecule has 0 aliphatic rings. The van der Waals surface area contributed by atoms with E-state index in [2.05, 4.69) is 9.97 Å². The molecule has 0 N–H and O–H groups in total. The van der Waals surface area contributed by atoms with Crippen molar-refractivity contribution in [3.63, 3.8) is 0 Å². The van der Waals surface area contributed by atoms with Crippen LogP contribution in [0.3, 0.4) is 0 Å². The molecule has 0 bridgehead atoms.